The second-order valence-corrected chi connectivity index (χ2v) is 5.90. The van der Waals surface area contributed by atoms with Gasteiger partial charge in [0.25, 0.3) is 0 Å². The highest BCUT2D eigenvalue weighted by atomic mass is 31.2. The molecule has 0 radical (unpaired) electrons. The molecule has 0 spiro atoms. The van der Waals surface area contributed by atoms with Gasteiger partial charge in [-0.3, -0.25) is 4.79 Å². The van der Waals surface area contributed by atoms with E-state index in [2.05, 4.69) is 10.6 Å². The van der Waals surface area contributed by atoms with Crippen molar-refractivity contribution in [1.82, 2.24) is 10.6 Å². The van der Waals surface area contributed by atoms with Crippen molar-refractivity contribution in [2.24, 2.45) is 0 Å². The molecule has 1 unspecified atom stereocenters. The smallest absolute Gasteiger partial charge is 0.237 e. The van der Waals surface area contributed by atoms with Gasteiger partial charge in [-0.15, -0.1) is 0 Å². The number of rotatable bonds is 10. The Kier molecular flexibility index (Phi) is 9.19. The summed E-state index contributed by atoms with van der Waals surface area (Å²) in [5, 5.41) is 5.95. The maximum Gasteiger partial charge on any atom is 0.237 e. The number of amides is 1. The second-order valence-electron chi connectivity index (χ2n) is 4.40. The highest BCUT2D eigenvalue weighted by Gasteiger charge is 2.18. The van der Waals surface area contributed by atoms with Crippen LogP contribution in [0.3, 0.4) is 0 Å². The van der Waals surface area contributed by atoms with Gasteiger partial charge in [-0.05, 0) is 32.9 Å². The Morgan fingerprint density at radius 2 is 1.81 bits per heavy atom. The Hall–Kier alpha value is -1.00. The molecular weight excluding hydrogens is 287 g/mol. The average molecular weight is 312 g/mol. The largest absolute Gasteiger partial charge is 0.346 e. The molecule has 118 valence electrons. The van der Waals surface area contributed by atoms with E-state index in [1.165, 1.54) is 0 Å². The van der Waals surface area contributed by atoms with Crippen LogP contribution in [-0.2, 0) is 20.3 Å². The predicted octanol–water partition coefficient (Wildman–Crippen LogP) is 2.28. The lowest BCUT2D eigenvalue weighted by atomic mass is 10.1. The molecule has 2 N–H and O–H groups in total. The summed E-state index contributed by atoms with van der Waals surface area (Å²) in [5.41, 5.74) is 1.13. The Labute approximate surface area is 128 Å². The van der Waals surface area contributed by atoms with Gasteiger partial charge < -0.3 is 19.7 Å². The molecule has 5 nitrogen and oxygen atoms in total. The van der Waals surface area contributed by atoms with Crippen LogP contribution in [0.15, 0.2) is 30.3 Å². The van der Waals surface area contributed by atoms with E-state index >= 15 is 0 Å². The molecule has 6 heteroatoms. The minimum atomic E-state index is -1.04. The van der Waals surface area contributed by atoms with Gasteiger partial charge in [-0.2, -0.15) is 0 Å². The molecule has 0 aliphatic carbocycles. The third kappa shape index (κ3) is 7.00. The normalized spacial score (nSPS) is 12.4. The second kappa shape index (κ2) is 10.7. The van der Waals surface area contributed by atoms with Gasteiger partial charge in [0.05, 0.1) is 25.5 Å². The van der Waals surface area contributed by atoms with Crippen molar-refractivity contribution in [1.29, 1.82) is 0 Å². The molecule has 1 amide bonds. The van der Waals surface area contributed by atoms with Crippen molar-refractivity contribution >= 4 is 14.3 Å². The Bertz CT molecular complexity index is 397. The van der Waals surface area contributed by atoms with Crippen molar-refractivity contribution in [2.75, 3.05) is 26.5 Å². The van der Waals surface area contributed by atoms with Crippen LogP contribution in [0, 0.1) is 0 Å². The molecule has 1 aromatic rings. The third-order valence-electron chi connectivity index (χ3n) is 2.88. The lowest BCUT2D eigenvalue weighted by Gasteiger charge is -2.19. The van der Waals surface area contributed by atoms with Crippen LogP contribution in [0.1, 0.15) is 19.4 Å². The molecule has 0 saturated carbocycles. The summed E-state index contributed by atoms with van der Waals surface area (Å²) in [4.78, 5) is 12.2. The third-order valence-corrected chi connectivity index (χ3v) is 4.38. The molecule has 0 bridgehead atoms. The van der Waals surface area contributed by atoms with E-state index < -0.39 is 8.38 Å². The summed E-state index contributed by atoms with van der Waals surface area (Å²) < 4.78 is 10.9. The minimum absolute atomic E-state index is 0.0340. The van der Waals surface area contributed by atoms with Crippen LogP contribution < -0.4 is 10.6 Å². The molecule has 0 aromatic heterocycles. The first-order valence-corrected chi connectivity index (χ1v) is 8.59. The molecule has 1 aromatic carbocycles. The summed E-state index contributed by atoms with van der Waals surface area (Å²) in [6.07, 6.45) is 1.08. The number of likely N-dealkylation sites (N-methyl/N-ethyl adjacent to an activating group) is 1. The quantitative estimate of drug-likeness (QED) is 0.651. The van der Waals surface area contributed by atoms with E-state index in [1.807, 2.05) is 44.2 Å². The van der Waals surface area contributed by atoms with Crippen LogP contribution in [-0.4, -0.2) is 38.5 Å². The van der Waals surface area contributed by atoms with Gasteiger partial charge in [0.1, 0.15) is 0 Å². The van der Waals surface area contributed by atoms with Gasteiger partial charge in [0.15, 0.2) is 8.38 Å². The van der Waals surface area contributed by atoms with E-state index in [0.29, 0.717) is 25.9 Å². The maximum absolute atomic E-state index is 12.2. The van der Waals surface area contributed by atoms with Gasteiger partial charge in [-0.1, -0.05) is 30.3 Å². The maximum atomic E-state index is 12.2. The average Bonchev–Trinajstić information content (AvgIpc) is 2.51. The van der Waals surface area contributed by atoms with Gasteiger partial charge in [0, 0.05) is 0 Å². The molecule has 21 heavy (non-hydrogen) atoms. The van der Waals surface area contributed by atoms with Crippen LogP contribution in [0.5, 0.6) is 0 Å². The molecule has 0 saturated heterocycles. The summed E-state index contributed by atoms with van der Waals surface area (Å²) in [7, 11) is 0.751. The molecule has 0 aliphatic rings. The van der Waals surface area contributed by atoms with Crippen molar-refractivity contribution in [3.8, 4) is 0 Å². The summed E-state index contributed by atoms with van der Waals surface area (Å²) >= 11 is 0. The van der Waals surface area contributed by atoms with Crippen LogP contribution in [0.4, 0.5) is 0 Å². The SMILES string of the molecule is CCOP(CNC(=O)C(Cc1ccccc1)NC)OCC. The van der Waals surface area contributed by atoms with E-state index in [4.69, 9.17) is 9.05 Å². The summed E-state index contributed by atoms with van der Waals surface area (Å²) in [6, 6.07) is 9.70. The zero-order valence-corrected chi connectivity index (χ0v) is 13.9. The zero-order chi connectivity index (χ0) is 15.5. The lowest BCUT2D eigenvalue weighted by molar-refractivity contribution is -0.122. The van der Waals surface area contributed by atoms with Gasteiger partial charge >= 0.3 is 0 Å². The van der Waals surface area contributed by atoms with E-state index in [1.54, 1.807) is 7.05 Å². The predicted molar refractivity (Wildman–Crippen MR) is 86.2 cm³/mol. The van der Waals surface area contributed by atoms with Crippen molar-refractivity contribution in [3.63, 3.8) is 0 Å². The highest BCUT2D eigenvalue weighted by Crippen LogP contribution is 2.36. The summed E-state index contributed by atoms with van der Waals surface area (Å²) in [6.45, 7) is 5.01. The van der Waals surface area contributed by atoms with Crippen molar-refractivity contribution in [2.45, 2.75) is 26.3 Å². The Balaban J connectivity index is 2.47. The van der Waals surface area contributed by atoms with Gasteiger partial charge in [0.2, 0.25) is 5.91 Å². The van der Waals surface area contributed by atoms with Crippen LogP contribution >= 0.6 is 8.38 Å². The number of nitrogens with one attached hydrogen (secondary N) is 2. The van der Waals surface area contributed by atoms with E-state index in [9.17, 15) is 4.79 Å². The Morgan fingerprint density at radius 1 is 1.19 bits per heavy atom. The Morgan fingerprint density at radius 3 is 2.33 bits per heavy atom. The first-order valence-electron chi connectivity index (χ1n) is 7.23. The molecule has 1 atom stereocenters. The monoisotopic (exact) mass is 312 g/mol. The lowest BCUT2D eigenvalue weighted by Crippen LogP contribution is -2.44. The highest BCUT2D eigenvalue weighted by molar-refractivity contribution is 7.47. The van der Waals surface area contributed by atoms with Gasteiger partial charge in [-0.25, -0.2) is 0 Å². The first-order chi connectivity index (χ1) is 10.2. The fraction of sp³-hybridized carbons (Fsp3) is 0.533. The van der Waals surface area contributed by atoms with Crippen LogP contribution in [0.2, 0.25) is 0 Å². The molecule has 0 heterocycles. The fourth-order valence-corrected chi connectivity index (χ4v) is 2.98. The minimum Gasteiger partial charge on any atom is -0.346 e. The van der Waals surface area contributed by atoms with Crippen molar-refractivity contribution < 1.29 is 13.8 Å². The number of hydrogen-bond acceptors (Lipinski definition) is 4. The first kappa shape index (κ1) is 18.1. The molecule has 0 aliphatic heterocycles. The molecule has 0 fully saturated rings. The number of hydrogen-bond donors (Lipinski definition) is 2. The molecule has 1 rings (SSSR count). The zero-order valence-electron chi connectivity index (χ0n) is 13.0. The topological polar surface area (TPSA) is 59.6 Å². The van der Waals surface area contributed by atoms with Crippen LogP contribution in [0.25, 0.3) is 0 Å². The van der Waals surface area contributed by atoms with Crippen molar-refractivity contribution in [3.05, 3.63) is 35.9 Å². The molecular formula is C15H25N2O3P. The number of carbonyl (C=O) groups excluding carboxylic acids is 1. The fourth-order valence-electron chi connectivity index (χ4n) is 1.86. The number of benzene rings is 1. The van der Waals surface area contributed by atoms with E-state index in [0.717, 1.165) is 5.56 Å². The summed E-state index contributed by atoms with van der Waals surface area (Å²) in [5.74, 6) is -0.0340. The standard InChI is InChI=1S/C15H25N2O3P/c1-4-19-21(20-5-2)12-17-15(18)14(16-3)11-13-9-7-6-8-10-13/h6-10,14,16H,4-5,11-12H2,1-3H3,(H,17,18). The number of carbonyl (C=O) groups is 1. The van der Waals surface area contributed by atoms with E-state index in [-0.39, 0.29) is 11.9 Å².